The third-order valence-corrected chi connectivity index (χ3v) is 3.78. The van der Waals surface area contributed by atoms with Crippen molar-refractivity contribution in [3.63, 3.8) is 0 Å². The Labute approximate surface area is 122 Å². The zero-order valence-corrected chi connectivity index (χ0v) is 11.5. The van der Waals surface area contributed by atoms with Crippen molar-refractivity contribution in [3.05, 3.63) is 35.4 Å². The smallest absolute Gasteiger partial charge is 0.352 e. The Kier molecular flexibility index (Phi) is 3.70. The number of benzene rings is 1. The molecule has 6 nitrogen and oxygen atoms in total. The monoisotopic (exact) mass is 288 g/mol. The van der Waals surface area contributed by atoms with Crippen LogP contribution >= 0.6 is 0 Å². The average Bonchev–Trinajstić information content (AvgIpc) is 2.49. The highest BCUT2D eigenvalue weighted by Gasteiger charge is 2.29. The normalized spacial score (nSPS) is 21.7. The summed E-state index contributed by atoms with van der Waals surface area (Å²) in [5, 5.41) is 14.2. The predicted molar refractivity (Wildman–Crippen MR) is 74.9 cm³/mol. The van der Waals surface area contributed by atoms with Crippen molar-refractivity contribution in [2.45, 2.75) is 25.4 Å². The molecule has 1 atom stereocenters. The molecule has 1 unspecified atom stereocenters. The minimum Gasteiger partial charge on any atom is -0.477 e. The molecule has 1 amide bonds. The highest BCUT2D eigenvalue weighted by atomic mass is 16.5. The van der Waals surface area contributed by atoms with Gasteiger partial charge in [0.2, 0.25) is 5.91 Å². The molecule has 0 aromatic heterocycles. The lowest BCUT2D eigenvalue weighted by molar-refractivity contribution is -0.135. The lowest BCUT2D eigenvalue weighted by Crippen LogP contribution is -2.38. The highest BCUT2D eigenvalue weighted by molar-refractivity contribution is 6.36. The Morgan fingerprint density at radius 1 is 1.33 bits per heavy atom. The molecule has 0 saturated carbocycles. The van der Waals surface area contributed by atoms with Gasteiger partial charge in [-0.1, -0.05) is 24.3 Å². The van der Waals surface area contributed by atoms with Gasteiger partial charge in [0.15, 0.2) is 0 Å². The summed E-state index contributed by atoms with van der Waals surface area (Å²) >= 11 is 0. The minimum absolute atomic E-state index is 0.0266. The molecule has 2 heterocycles. The summed E-state index contributed by atoms with van der Waals surface area (Å²) in [4.78, 5) is 22.9. The number of rotatable bonds is 3. The second-order valence-electron chi connectivity index (χ2n) is 5.14. The number of amides is 1. The van der Waals surface area contributed by atoms with E-state index in [4.69, 9.17) is 9.84 Å². The molecule has 2 aliphatic rings. The number of carbonyl (C=O) groups excluding carboxylic acids is 1. The maximum Gasteiger partial charge on any atom is 0.352 e. The van der Waals surface area contributed by atoms with Gasteiger partial charge in [-0.05, 0) is 17.5 Å². The number of hydrazone groups is 1. The zero-order chi connectivity index (χ0) is 14.8. The largest absolute Gasteiger partial charge is 0.477 e. The van der Waals surface area contributed by atoms with Crippen molar-refractivity contribution < 1.29 is 19.4 Å². The molecule has 3 rings (SSSR count). The maximum atomic E-state index is 11.9. The second kappa shape index (κ2) is 5.65. The fourth-order valence-electron chi connectivity index (χ4n) is 2.68. The average molecular weight is 288 g/mol. The van der Waals surface area contributed by atoms with Gasteiger partial charge in [-0.25, -0.2) is 9.80 Å². The van der Waals surface area contributed by atoms with Crippen molar-refractivity contribution >= 4 is 17.6 Å². The summed E-state index contributed by atoms with van der Waals surface area (Å²) in [5.41, 5.74) is 2.29. The number of hydrogen-bond donors (Lipinski definition) is 1. The summed E-state index contributed by atoms with van der Waals surface area (Å²) in [6.45, 7) is 0.853. The zero-order valence-electron chi connectivity index (χ0n) is 11.5. The van der Waals surface area contributed by atoms with Crippen LogP contribution in [-0.2, 0) is 20.7 Å². The lowest BCUT2D eigenvalue weighted by atomic mass is 9.97. The molecule has 1 aromatic carbocycles. The Morgan fingerprint density at radius 2 is 2.14 bits per heavy atom. The van der Waals surface area contributed by atoms with Gasteiger partial charge in [0, 0.05) is 12.8 Å². The van der Waals surface area contributed by atoms with Crippen molar-refractivity contribution in [3.8, 4) is 0 Å². The number of ether oxygens (including phenoxy) is 1. The molecule has 0 aliphatic carbocycles. The topological polar surface area (TPSA) is 79.2 Å². The fraction of sp³-hybridized carbons (Fsp3) is 0.400. The van der Waals surface area contributed by atoms with E-state index in [1.807, 2.05) is 18.2 Å². The molecule has 0 spiro atoms. The van der Waals surface area contributed by atoms with Gasteiger partial charge < -0.3 is 9.84 Å². The molecule has 0 radical (unpaired) electrons. The summed E-state index contributed by atoms with van der Waals surface area (Å²) in [6.07, 6.45) is 0.965. The van der Waals surface area contributed by atoms with E-state index in [0.29, 0.717) is 6.61 Å². The first-order valence-electron chi connectivity index (χ1n) is 6.95. The van der Waals surface area contributed by atoms with E-state index >= 15 is 0 Å². The molecule has 0 bridgehead atoms. The number of carboxylic acid groups (broad SMARTS) is 1. The van der Waals surface area contributed by atoms with Crippen LogP contribution in [0.5, 0.6) is 0 Å². The molecule has 2 aliphatic heterocycles. The van der Waals surface area contributed by atoms with Crippen LogP contribution in [0.15, 0.2) is 29.4 Å². The third-order valence-electron chi connectivity index (χ3n) is 3.78. The molecule has 1 aromatic rings. The van der Waals surface area contributed by atoms with Gasteiger partial charge in [0.05, 0.1) is 13.2 Å². The number of nitrogens with zero attached hydrogens (tertiary/aromatic N) is 2. The predicted octanol–water partition coefficient (Wildman–Crippen LogP) is 1.36. The van der Waals surface area contributed by atoms with Gasteiger partial charge in [-0.3, -0.25) is 4.79 Å². The third kappa shape index (κ3) is 2.80. The van der Waals surface area contributed by atoms with E-state index in [1.54, 1.807) is 0 Å². The first-order valence-corrected chi connectivity index (χ1v) is 6.95. The highest BCUT2D eigenvalue weighted by Crippen LogP contribution is 2.28. The van der Waals surface area contributed by atoms with Gasteiger partial charge in [-0.2, -0.15) is 5.10 Å². The van der Waals surface area contributed by atoms with Gasteiger partial charge in [0.1, 0.15) is 11.8 Å². The summed E-state index contributed by atoms with van der Waals surface area (Å²) in [7, 11) is 0. The standard InChI is InChI=1S/C15H16N2O4/c18-14-6-5-12(15(19)20)16-17(14)9-13-11-4-2-1-3-10(11)7-8-21-13/h1-4,13H,5-9H2,(H,19,20). The van der Waals surface area contributed by atoms with E-state index < -0.39 is 5.97 Å². The van der Waals surface area contributed by atoms with Crippen LogP contribution in [0.25, 0.3) is 0 Å². The molecular formula is C15H16N2O4. The maximum absolute atomic E-state index is 11.9. The number of hydrogen-bond acceptors (Lipinski definition) is 4. The van der Waals surface area contributed by atoms with Gasteiger partial charge >= 0.3 is 5.97 Å². The fourth-order valence-corrected chi connectivity index (χ4v) is 2.68. The quantitative estimate of drug-likeness (QED) is 0.911. The van der Waals surface area contributed by atoms with Crippen LogP contribution in [0.1, 0.15) is 30.1 Å². The Morgan fingerprint density at radius 3 is 2.95 bits per heavy atom. The molecule has 1 N–H and O–H groups in total. The summed E-state index contributed by atoms with van der Waals surface area (Å²) < 4.78 is 5.74. The van der Waals surface area contributed by atoms with Crippen LogP contribution in [0.3, 0.4) is 0 Å². The SMILES string of the molecule is O=C(O)C1=NN(CC2OCCc3ccccc32)C(=O)CC1. The number of aliphatic carboxylic acids is 1. The van der Waals surface area contributed by atoms with E-state index in [2.05, 4.69) is 11.2 Å². The van der Waals surface area contributed by atoms with Crippen LogP contribution in [-0.4, -0.2) is 40.9 Å². The Bertz CT molecular complexity index is 611. The number of fused-ring (bicyclic) bond motifs is 1. The van der Waals surface area contributed by atoms with E-state index in [-0.39, 0.29) is 37.1 Å². The van der Waals surface area contributed by atoms with E-state index in [1.165, 1.54) is 10.6 Å². The van der Waals surface area contributed by atoms with Crippen LogP contribution < -0.4 is 0 Å². The number of carbonyl (C=O) groups is 2. The van der Waals surface area contributed by atoms with E-state index in [0.717, 1.165) is 12.0 Å². The lowest BCUT2D eigenvalue weighted by Gasteiger charge is -2.30. The minimum atomic E-state index is -1.07. The Balaban J connectivity index is 1.82. The number of carboxylic acids is 1. The van der Waals surface area contributed by atoms with Crippen molar-refractivity contribution in [2.75, 3.05) is 13.2 Å². The van der Waals surface area contributed by atoms with Gasteiger partial charge in [0.25, 0.3) is 0 Å². The van der Waals surface area contributed by atoms with Crippen LogP contribution in [0.4, 0.5) is 0 Å². The molecular weight excluding hydrogens is 272 g/mol. The summed E-state index contributed by atoms with van der Waals surface area (Å²) in [5.74, 6) is -1.23. The van der Waals surface area contributed by atoms with Crippen molar-refractivity contribution in [1.82, 2.24) is 5.01 Å². The van der Waals surface area contributed by atoms with Crippen LogP contribution in [0, 0.1) is 0 Å². The molecule has 110 valence electrons. The first-order chi connectivity index (χ1) is 10.1. The van der Waals surface area contributed by atoms with E-state index in [9.17, 15) is 9.59 Å². The molecule has 0 saturated heterocycles. The molecule has 21 heavy (non-hydrogen) atoms. The summed E-state index contributed by atoms with van der Waals surface area (Å²) in [6, 6.07) is 7.95. The van der Waals surface area contributed by atoms with Crippen molar-refractivity contribution in [1.29, 1.82) is 0 Å². The Hall–Kier alpha value is -2.21. The first kappa shape index (κ1) is 13.8. The second-order valence-corrected chi connectivity index (χ2v) is 5.14. The van der Waals surface area contributed by atoms with Crippen molar-refractivity contribution in [2.24, 2.45) is 5.10 Å². The molecule has 0 fully saturated rings. The van der Waals surface area contributed by atoms with Crippen LogP contribution in [0.2, 0.25) is 0 Å². The molecule has 6 heteroatoms. The van der Waals surface area contributed by atoms with Gasteiger partial charge in [-0.15, -0.1) is 0 Å².